The smallest absolute Gasteiger partial charge is 0.203 e. The fourth-order valence-corrected chi connectivity index (χ4v) is 2.82. The van der Waals surface area contributed by atoms with E-state index < -0.39 is 0 Å². The van der Waals surface area contributed by atoms with Crippen molar-refractivity contribution in [2.75, 3.05) is 11.9 Å². The molecule has 0 unspecified atom stereocenters. The summed E-state index contributed by atoms with van der Waals surface area (Å²) in [5, 5.41) is 0. The minimum Gasteiger partial charge on any atom is -0.338 e. The molecule has 0 radical (unpaired) electrons. The van der Waals surface area contributed by atoms with Gasteiger partial charge >= 0.3 is 0 Å². The van der Waals surface area contributed by atoms with Crippen molar-refractivity contribution in [1.29, 1.82) is 0 Å². The fraction of sp³-hybridized carbons (Fsp3) is 0.158. The summed E-state index contributed by atoms with van der Waals surface area (Å²) in [6.45, 7) is 1.52. The highest BCUT2D eigenvalue weighted by molar-refractivity contribution is 5.77. The molecule has 24 heavy (non-hydrogen) atoms. The Morgan fingerprint density at radius 1 is 1.04 bits per heavy atom. The van der Waals surface area contributed by atoms with E-state index in [0.717, 1.165) is 29.4 Å². The topological polar surface area (TPSA) is 49.7 Å². The van der Waals surface area contributed by atoms with Gasteiger partial charge in [-0.2, -0.15) is 0 Å². The second-order valence-corrected chi connectivity index (χ2v) is 5.89. The largest absolute Gasteiger partial charge is 0.338 e. The number of nitrogens with zero attached hydrogens (tertiary/aromatic N) is 4. The third-order valence-electron chi connectivity index (χ3n) is 4.11. The minimum atomic E-state index is 0.694. The van der Waals surface area contributed by atoms with Crippen LogP contribution in [0.25, 0.3) is 11.0 Å². The first kappa shape index (κ1) is 14.5. The van der Waals surface area contributed by atoms with Crippen molar-refractivity contribution in [2.45, 2.75) is 13.1 Å². The molecule has 2 aromatic carbocycles. The van der Waals surface area contributed by atoms with Gasteiger partial charge in [0.25, 0.3) is 0 Å². The van der Waals surface area contributed by atoms with Crippen molar-refractivity contribution in [1.82, 2.24) is 19.5 Å². The highest BCUT2D eigenvalue weighted by Crippen LogP contribution is 2.17. The van der Waals surface area contributed by atoms with Crippen molar-refractivity contribution in [2.24, 2.45) is 0 Å². The van der Waals surface area contributed by atoms with Gasteiger partial charge in [-0.1, -0.05) is 42.5 Å². The first-order valence-corrected chi connectivity index (χ1v) is 7.99. The summed E-state index contributed by atoms with van der Waals surface area (Å²) < 4.78 is 2.18. The molecule has 4 rings (SSSR count). The van der Waals surface area contributed by atoms with Crippen LogP contribution in [0.15, 0.2) is 67.0 Å². The number of hydrogen-bond acceptors (Lipinski definition) is 3. The van der Waals surface area contributed by atoms with Crippen molar-refractivity contribution in [3.8, 4) is 0 Å². The van der Waals surface area contributed by atoms with E-state index in [2.05, 4.69) is 48.7 Å². The maximum atomic E-state index is 4.64. The van der Waals surface area contributed by atoms with E-state index in [4.69, 9.17) is 0 Å². The number of aromatic amines is 1. The lowest BCUT2D eigenvalue weighted by molar-refractivity contribution is 0.702. The molecule has 0 fully saturated rings. The summed E-state index contributed by atoms with van der Waals surface area (Å²) in [5.41, 5.74) is 3.29. The summed E-state index contributed by atoms with van der Waals surface area (Å²) in [7, 11) is 2.03. The van der Waals surface area contributed by atoms with E-state index >= 15 is 0 Å². The number of nitrogens with one attached hydrogen (secondary N) is 1. The van der Waals surface area contributed by atoms with Crippen LogP contribution in [0.1, 0.15) is 11.4 Å². The zero-order valence-corrected chi connectivity index (χ0v) is 13.6. The Balaban J connectivity index is 1.54. The Bertz CT molecular complexity index is 905. The lowest BCUT2D eigenvalue weighted by Gasteiger charge is -2.16. The van der Waals surface area contributed by atoms with Crippen LogP contribution < -0.4 is 4.90 Å². The molecular weight excluding hydrogens is 298 g/mol. The van der Waals surface area contributed by atoms with Crippen LogP contribution in [0.4, 0.5) is 5.95 Å². The van der Waals surface area contributed by atoms with Crippen molar-refractivity contribution >= 4 is 17.0 Å². The number of rotatable bonds is 5. The number of anilines is 1. The predicted molar refractivity (Wildman–Crippen MR) is 96.0 cm³/mol. The quantitative estimate of drug-likeness (QED) is 0.613. The number of aromatic nitrogens is 4. The molecular formula is C19H19N5. The van der Waals surface area contributed by atoms with Crippen LogP contribution in [0.3, 0.4) is 0 Å². The van der Waals surface area contributed by atoms with Crippen LogP contribution in [0, 0.1) is 0 Å². The molecule has 120 valence electrons. The van der Waals surface area contributed by atoms with Crippen molar-refractivity contribution < 1.29 is 0 Å². The van der Waals surface area contributed by atoms with Gasteiger partial charge in [0, 0.05) is 26.0 Å². The fourth-order valence-electron chi connectivity index (χ4n) is 2.82. The number of imidazole rings is 2. The van der Waals surface area contributed by atoms with Gasteiger partial charge in [0.2, 0.25) is 5.95 Å². The number of para-hydroxylation sites is 2. The van der Waals surface area contributed by atoms with E-state index in [1.807, 2.05) is 49.8 Å². The molecule has 5 nitrogen and oxygen atoms in total. The first-order valence-electron chi connectivity index (χ1n) is 7.99. The number of H-pyrrole nitrogens is 1. The number of hydrogen-bond donors (Lipinski definition) is 1. The van der Waals surface area contributed by atoms with E-state index in [1.165, 1.54) is 5.56 Å². The van der Waals surface area contributed by atoms with Gasteiger partial charge in [0.05, 0.1) is 17.6 Å². The van der Waals surface area contributed by atoms with Crippen LogP contribution in [0.2, 0.25) is 0 Å². The molecule has 0 amide bonds. The Hall–Kier alpha value is -3.08. The summed E-state index contributed by atoms with van der Waals surface area (Å²) in [6.07, 6.45) is 3.87. The van der Waals surface area contributed by atoms with Gasteiger partial charge in [-0.3, -0.25) is 0 Å². The summed E-state index contributed by atoms with van der Waals surface area (Å²) in [5.74, 6) is 1.87. The van der Waals surface area contributed by atoms with Gasteiger partial charge in [0.15, 0.2) is 0 Å². The third-order valence-corrected chi connectivity index (χ3v) is 4.11. The van der Waals surface area contributed by atoms with Crippen LogP contribution in [0.5, 0.6) is 0 Å². The molecule has 2 aromatic heterocycles. The molecule has 2 heterocycles. The summed E-state index contributed by atoms with van der Waals surface area (Å²) in [4.78, 5) is 14.6. The van der Waals surface area contributed by atoms with Crippen molar-refractivity contribution in [3.63, 3.8) is 0 Å². The average Bonchev–Trinajstić information content (AvgIpc) is 3.23. The maximum absolute atomic E-state index is 4.64. The second-order valence-electron chi connectivity index (χ2n) is 5.89. The maximum Gasteiger partial charge on any atom is 0.203 e. The van der Waals surface area contributed by atoms with Crippen LogP contribution in [-0.4, -0.2) is 26.6 Å². The SMILES string of the molecule is CN(Cc1nccn1Cc1ccccc1)c1nc2ccccc2[nH]1. The standard InChI is InChI=1S/C19H19N5/c1-23(19-21-16-9-5-6-10-17(16)22-19)14-18-20-11-12-24(18)13-15-7-3-2-4-8-15/h2-12H,13-14H2,1H3,(H,21,22). The van der Waals surface area contributed by atoms with Crippen molar-refractivity contribution in [3.05, 3.63) is 78.4 Å². The van der Waals surface area contributed by atoms with Crippen LogP contribution in [-0.2, 0) is 13.1 Å². The van der Waals surface area contributed by atoms with Gasteiger partial charge in [0.1, 0.15) is 5.82 Å². The normalized spacial score (nSPS) is 11.0. The Morgan fingerprint density at radius 3 is 2.67 bits per heavy atom. The first-order chi connectivity index (χ1) is 11.8. The summed E-state index contributed by atoms with van der Waals surface area (Å²) >= 11 is 0. The Kier molecular flexibility index (Phi) is 3.75. The molecule has 0 saturated carbocycles. The minimum absolute atomic E-state index is 0.694. The molecule has 0 aliphatic heterocycles. The predicted octanol–water partition coefficient (Wildman–Crippen LogP) is 3.44. The highest BCUT2D eigenvalue weighted by Gasteiger charge is 2.11. The third kappa shape index (κ3) is 2.88. The molecule has 0 aliphatic carbocycles. The molecule has 0 spiro atoms. The second kappa shape index (κ2) is 6.20. The van der Waals surface area contributed by atoms with E-state index in [9.17, 15) is 0 Å². The molecule has 5 heteroatoms. The average molecular weight is 317 g/mol. The molecule has 4 aromatic rings. The van der Waals surface area contributed by atoms with Gasteiger partial charge in [-0.15, -0.1) is 0 Å². The monoisotopic (exact) mass is 317 g/mol. The van der Waals surface area contributed by atoms with Gasteiger partial charge in [-0.05, 0) is 17.7 Å². The Morgan fingerprint density at radius 2 is 1.83 bits per heavy atom. The lowest BCUT2D eigenvalue weighted by atomic mass is 10.2. The number of benzene rings is 2. The van der Waals surface area contributed by atoms with E-state index in [-0.39, 0.29) is 0 Å². The molecule has 0 aliphatic rings. The van der Waals surface area contributed by atoms with E-state index in [0.29, 0.717) is 6.54 Å². The molecule has 1 N–H and O–H groups in total. The zero-order chi connectivity index (χ0) is 16.4. The van der Waals surface area contributed by atoms with Crippen LogP contribution >= 0.6 is 0 Å². The Labute approximate surface area is 140 Å². The zero-order valence-electron chi connectivity index (χ0n) is 13.6. The lowest BCUT2D eigenvalue weighted by Crippen LogP contribution is -2.21. The van der Waals surface area contributed by atoms with E-state index in [1.54, 1.807) is 0 Å². The molecule has 0 bridgehead atoms. The van der Waals surface area contributed by atoms with Gasteiger partial charge in [-0.25, -0.2) is 9.97 Å². The highest BCUT2D eigenvalue weighted by atomic mass is 15.3. The summed E-state index contributed by atoms with van der Waals surface area (Å²) in [6, 6.07) is 18.5. The molecule has 0 atom stereocenters. The number of fused-ring (bicyclic) bond motifs is 1. The molecule has 0 saturated heterocycles. The van der Waals surface area contributed by atoms with Gasteiger partial charge < -0.3 is 14.5 Å².